The van der Waals surface area contributed by atoms with Crippen LogP contribution in [0.25, 0.3) is 0 Å². The van der Waals surface area contributed by atoms with Crippen molar-refractivity contribution in [2.75, 3.05) is 30.8 Å². The fourth-order valence-corrected chi connectivity index (χ4v) is 2.72. The first-order valence-corrected chi connectivity index (χ1v) is 7.48. The van der Waals surface area contributed by atoms with E-state index in [1.807, 2.05) is 19.1 Å². The van der Waals surface area contributed by atoms with Crippen LogP contribution in [0, 0.1) is 11.8 Å². The lowest BCUT2D eigenvalue weighted by atomic mass is 9.97. The van der Waals surface area contributed by atoms with Crippen molar-refractivity contribution in [2.45, 2.75) is 32.6 Å². The molecule has 0 bridgehead atoms. The van der Waals surface area contributed by atoms with Crippen molar-refractivity contribution in [3.8, 4) is 5.88 Å². The van der Waals surface area contributed by atoms with E-state index in [-0.39, 0.29) is 6.61 Å². The monoisotopic (exact) mass is 279 g/mol. The van der Waals surface area contributed by atoms with Crippen LogP contribution in [0.3, 0.4) is 0 Å². The molecule has 1 aromatic rings. The van der Waals surface area contributed by atoms with Gasteiger partial charge in [0.05, 0.1) is 12.3 Å². The van der Waals surface area contributed by atoms with E-state index in [4.69, 9.17) is 10.5 Å². The lowest BCUT2D eigenvalue weighted by Crippen LogP contribution is -2.21. The van der Waals surface area contributed by atoms with Crippen LogP contribution in [0.15, 0.2) is 12.1 Å². The molecule has 20 heavy (non-hydrogen) atoms. The van der Waals surface area contributed by atoms with Crippen molar-refractivity contribution in [2.24, 2.45) is 11.8 Å². The van der Waals surface area contributed by atoms with E-state index >= 15 is 0 Å². The molecular weight excluding hydrogens is 254 g/mol. The van der Waals surface area contributed by atoms with Crippen LogP contribution in [0.4, 0.5) is 11.5 Å². The Balaban J connectivity index is 1.92. The van der Waals surface area contributed by atoms with Gasteiger partial charge in [0.25, 0.3) is 0 Å². The first-order chi connectivity index (χ1) is 9.74. The summed E-state index contributed by atoms with van der Waals surface area (Å²) in [5.74, 6) is 2.24. The zero-order chi connectivity index (χ0) is 14.4. The number of aliphatic hydroxyl groups is 1. The smallest absolute Gasteiger partial charge is 0.239 e. The van der Waals surface area contributed by atoms with Gasteiger partial charge in [-0.3, -0.25) is 0 Å². The summed E-state index contributed by atoms with van der Waals surface area (Å²) >= 11 is 0. The van der Waals surface area contributed by atoms with Gasteiger partial charge in [0.2, 0.25) is 5.88 Å². The Morgan fingerprint density at radius 2 is 2.20 bits per heavy atom. The van der Waals surface area contributed by atoms with Gasteiger partial charge in [-0.25, -0.2) is 0 Å². The predicted molar refractivity (Wildman–Crippen MR) is 80.8 cm³/mol. The number of hydrogen-bond acceptors (Lipinski definition) is 5. The molecule has 5 heteroatoms. The van der Waals surface area contributed by atoms with Crippen LogP contribution in [0.1, 0.15) is 32.6 Å². The predicted octanol–water partition coefficient (Wildman–Crippen LogP) is 2.27. The van der Waals surface area contributed by atoms with Gasteiger partial charge in [-0.05, 0) is 43.2 Å². The second-order valence-corrected chi connectivity index (χ2v) is 5.45. The number of hydrogen-bond donors (Lipinski definition) is 3. The molecule has 0 aromatic carbocycles. The van der Waals surface area contributed by atoms with Gasteiger partial charge in [-0.2, -0.15) is 4.98 Å². The van der Waals surface area contributed by atoms with Crippen molar-refractivity contribution < 1.29 is 9.84 Å². The molecule has 5 nitrogen and oxygen atoms in total. The third kappa shape index (κ3) is 3.76. The Morgan fingerprint density at radius 1 is 1.40 bits per heavy atom. The van der Waals surface area contributed by atoms with Crippen LogP contribution in [0.2, 0.25) is 0 Å². The average molecular weight is 279 g/mol. The zero-order valence-electron chi connectivity index (χ0n) is 12.1. The number of anilines is 2. The molecule has 1 aliphatic carbocycles. The molecule has 1 saturated carbocycles. The molecule has 1 fully saturated rings. The minimum Gasteiger partial charge on any atom is -0.476 e. The molecular formula is C15H25N3O2. The van der Waals surface area contributed by atoms with Gasteiger partial charge in [-0.15, -0.1) is 0 Å². The Labute approximate surface area is 120 Å². The van der Waals surface area contributed by atoms with Crippen molar-refractivity contribution in [3.05, 3.63) is 12.1 Å². The van der Waals surface area contributed by atoms with Crippen LogP contribution >= 0.6 is 0 Å². The normalized spacial score (nSPS) is 21.9. The molecule has 0 amide bonds. The summed E-state index contributed by atoms with van der Waals surface area (Å²) in [4.78, 5) is 4.40. The van der Waals surface area contributed by atoms with Crippen LogP contribution in [0.5, 0.6) is 5.88 Å². The standard InChI is InChI=1S/C15H25N3O2/c1-2-8-20-15-13(16)6-7-14(18-15)17-9-11-4-3-5-12(11)10-19/h6-7,11-12,19H,2-5,8-10,16H2,1H3,(H,17,18). The minimum atomic E-state index is 0.284. The molecule has 0 spiro atoms. The van der Waals surface area contributed by atoms with E-state index in [9.17, 15) is 5.11 Å². The number of nitrogens with zero attached hydrogens (tertiary/aromatic N) is 1. The molecule has 1 aromatic heterocycles. The quantitative estimate of drug-likeness (QED) is 0.713. The number of nitrogens with two attached hydrogens (primary N) is 1. The highest BCUT2D eigenvalue weighted by Gasteiger charge is 2.26. The van der Waals surface area contributed by atoms with E-state index in [1.54, 1.807) is 0 Å². The van der Waals surface area contributed by atoms with Crippen molar-refractivity contribution in [1.29, 1.82) is 0 Å². The Bertz CT molecular complexity index is 426. The first-order valence-electron chi connectivity index (χ1n) is 7.48. The number of pyridine rings is 1. The van der Waals surface area contributed by atoms with Crippen LogP contribution in [-0.2, 0) is 0 Å². The molecule has 0 radical (unpaired) electrons. The summed E-state index contributed by atoms with van der Waals surface area (Å²) in [6.07, 6.45) is 4.44. The number of nitrogen functional groups attached to an aromatic ring is 1. The molecule has 4 N–H and O–H groups in total. The Hall–Kier alpha value is -1.49. The van der Waals surface area contributed by atoms with Crippen molar-refractivity contribution in [1.82, 2.24) is 4.98 Å². The van der Waals surface area contributed by atoms with Gasteiger partial charge in [0, 0.05) is 13.2 Å². The van der Waals surface area contributed by atoms with E-state index in [0.29, 0.717) is 30.0 Å². The fraction of sp³-hybridized carbons (Fsp3) is 0.667. The summed E-state index contributed by atoms with van der Waals surface area (Å²) in [6.45, 7) is 3.80. The van der Waals surface area contributed by atoms with E-state index < -0.39 is 0 Å². The summed E-state index contributed by atoms with van der Waals surface area (Å²) in [5.41, 5.74) is 6.41. The van der Waals surface area contributed by atoms with E-state index in [0.717, 1.165) is 25.2 Å². The summed E-state index contributed by atoms with van der Waals surface area (Å²) in [5, 5.41) is 12.7. The SMILES string of the molecule is CCCOc1nc(NCC2CCCC2CO)ccc1N. The maximum absolute atomic E-state index is 9.33. The highest BCUT2D eigenvalue weighted by Crippen LogP contribution is 2.31. The first kappa shape index (κ1) is 14.9. The van der Waals surface area contributed by atoms with Crippen LogP contribution < -0.4 is 15.8 Å². The van der Waals surface area contributed by atoms with Gasteiger partial charge in [0.1, 0.15) is 5.82 Å². The summed E-state index contributed by atoms with van der Waals surface area (Å²) in [7, 11) is 0. The molecule has 112 valence electrons. The van der Waals surface area contributed by atoms with Gasteiger partial charge < -0.3 is 20.9 Å². The molecule has 0 saturated heterocycles. The number of nitrogens with one attached hydrogen (secondary N) is 1. The van der Waals surface area contributed by atoms with Gasteiger partial charge in [0.15, 0.2) is 0 Å². The van der Waals surface area contributed by atoms with E-state index in [2.05, 4.69) is 10.3 Å². The lowest BCUT2D eigenvalue weighted by Gasteiger charge is -2.18. The number of ether oxygens (including phenoxy) is 1. The molecule has 1 aliphatic rings. The maximum atomic E-state index is 9.33. The van der Waals surface area contributed by atoms with Crippen LogP contribution in [-0.4, -0.2) is 29.8 Å². The molecule has 2 unspecified atom stereocenters. The van der Waals surface area contributed by atoms with Crippen molar-refractivity contribution >= 4 is 11.5 Å². The fourth-order valence-electron chi connectivity index (χ4n) is 2.72. The largest absolute Gasteiger partial charge is 0.476 e. The second-order valence-electron chi connectivity index (χ2n) is 5.45. The van der Waals surface area contributed by atoms with Crippen molar-refractivity contribution in [3.63, 3.8) is 0 Å². The number of aromatic nitrogens is 1. The Morgan fingerprint density at radius 3 is 2.95 bits per heavy atom. The average Bonchev–Trinajstić information content (AvgIpc) is 2.92. The Kier molecular flexibility index (Phi) is 5.47. The molecule has 0 aliphatic heterocycles. The third-order valence-corrected chi connectivity index (χ3v) is 3.93. The topological polar surface area (TPSA) is 80.4 Å². The third-order valence-electron chi connectivity index (χ3n) is 3.93. The number of aliphatic hydroxyl groups excluding tert-OH is 1. The summed E-state index contributed by atoms with van der Waals surface area (Å²) in [6, 6.07) is 3.69. The second kappa shape index (κ2) is 7.33. The zero-order valence-corrected chi connectivity index (χ0v) is 12.1. The highest BCUT2D eigenvalue weighted by molar-refractivity contribution is 5.53. The van der Waals surface area contributed by atoms with Gasteiger partial charge >= 0.3 is 0 Å². The molecule has 2 rings (SSSR count). The molecule has 1 heterocycles. The van der Waals surface area contributed by atoms with Gasteiger partial charge in [-0.1, -0.05) is 13.3 Å². The minimum absolute atomic E-state index is 0.284. The number of rotatable bonds is 7. The van der Waals surface area contributed by atoms with E-state index in [1.165, 1.54) is 12.8 Å². The summed E-state index contributed by atoms with van der Waals surface area (Å²) < 4.78 is 5.52. The maximum Gasteiger partial charge on any atom is 0.239 e. The highest BCUT2D eigenvalue weighted by atomic mass is 16.5. The lowest BCUT2D eigenvalue weighted by molar-refractivity contribution is 0.199. The molecule has 2 atom stereocenters.